The molecular weight excluding hydrogens is 252 g/mol. The van der Waals surface area contributed by atoms with Crippen molar-refractivity contribution in [1.29, 1.82) is 0 Å². The van der Waals surface area contributed by atoms with E-state index in [4.69, 9.17) is 0 Å². The normalized spacial score (nSPS) is 14.8. The van der Waals surface area contributed by atoms with Crippen molar-refractivity contribution in [2.24, 2.45) is 5.92 Å². The molecule has 5 nitrogen and oxygen atoms in total. The van der Waals surface area contributed by atoms with Gasteiger partial charge in [0.15, 0.2) is 0 Å². The summed E-state index contributed by atoms with van der Waals surface area (Å²) < 4.78 is 1.79. The van der Waals surface area contributed by atoms with Gasteiger partial charge in [0.25, 0.3) is 0 Å². The maximum Gasteiger partial charge on any atom is 0.224 e. The lowest BCUT2D eigenvalue weighted by molar-refractivity contribution is -0.120. The number of amides is 1. The predicted octanol–water partition coefficient (Wildman–Crippen LogP) is 0.750. The van der Waals surface area contributed by atoms with Gasteiger partial charge < -0.3 is 10.6 Å². The van der Waals surface area contributed by atoms with Crippen molar-refractivity contribution < 1.29 is 4.79 Å². The maximum absolute atomic E-state index is 11.8. The fraction of sp³-hybridized carbons (Fsp3) is 0.333. The fourth-order valence-corrected chi connectivity index (χ4v) is 2.17. The van der Waals surface area contributed by atoms with E-state index >= 15 is 0 Å². The molecule has 2 N–H and O–H groups in total. The van der Waals surface area contributed by atoms with Crippen molar-refractivity contribution in [3.63, 3.8) is 0 Å². The SMILES string of the molecule is O=C(Cc1cnn(-c2ccccc2)c1)NCC1CNC1. The molecule has 5 heteroatoms. The van der Waals surface area contributed by atoms with Crippen LogP contribution in [0.3, 0.4) is 0 Å². The quantitative estimate of drug-likeness (QED) is 0.843. The summed E-state index contributed by atoms with van der Waals surface area (Å²) in [6.07, 6.45) is 4.03. The lowest BCUT2D eigenvalue weighted by Gasteiger charge is -2.27. The van der Waals surface area contributed by atoms with Gasteiger partial charge in [-0.25, -0.2) is 4.68 Å². The number of benzene rings is 1. The molecule has 0 atom stereocenters. The van der Waals surface area contributed by atoms with Gasteiger partial charge in [0.2, 0.25) is 5.91 Å². The smallest absolute Gasteiger partial charge is 0.224 e. The first-order valence-corrected chi connectivity index (χ1v) is 6.87. The second kappa shape index (κ2) is 5.88. The van der Waals surface area contributed by atoms with E-state index in [1.165, 1.54) is 0 Å². The van der Waals surface area contributed by atoms with E-state index in [2.05, 4.69) is 15.7 Å². The zero-order valence-electron chi connectivity index (χ0n) is 11.2. The van der Waals surface area contributed by atoms with Gasteiger partial charge in [-0.3, -0.25) is 4.79 Å². The molecule has 0 unspecified atom stereocenters. The van der Waals surface area contributed by atoms with E-state index in [1.54, 1.807) is 10.9 Å². The third-order valence-corrected chi connectivity index (χ3v) is 3.48. The molecule has 0 spiro atoms. The van der Waals surface area contributed by atoms with Crippen LogP contribution < -0.4 is 10.6 Å². The minimum atomic E-state index is 0.0597. The van der Waals surface area contributed by atoms with E-state index in [1.807, 2.05) is 36.5 Å². The molecule has 1 aliphatic rings. The number of aromatic nitrogens is 2. The largest absolute Gasteiger partial charge is 0.355 e. The van der Waals surface area contributed by atoms with Crippen LogP contribution in [0.5, 0.6) is 0 Å². The first-order chi connectivity index (χ1) is 9.81. The van der Waals surface area contributed by atoms with Crippen LogP contribution in [-0.4, -0.2) is 35.3 Å². The Morgan fingerprint density at radius 2 is 2.15 bits per heavy atom. The summed E-state index contributed by atoms with van der Waals surface area (Å²) >= 11 is 0. The molecule has 1 aromatic carbocycles. The number of carbonyl (C=O) groups excluding carboxylic acids is 1. The number of nitrogens with zero attached hydrogens (tertiary/aromatic N) is 2. The molecule has 0 aliphatic carbocycles. The van der Waals surface area contributed by atoms with E-state index in [9.17, 15) is 4.79 Å². The van der Waals surface area contributed by atoms with Crippen LogP contribution in [0.25, 0.3) is 5.69 Å². The molecule has 1 aromatic heterocycles. The second-order valence-corrected chi connectivity index (χ2v) is 5.13. The Hall–Kier alpha value is -2.14. The van der Waals surface area contributed by atoms with Crippen molar-refractivity contribution in [3.05, 3.63) is 48.3 Å². The van der Waals surface area contributed by atoms with Crippen LogP contribution in [0.1, 0.15) is 5.56 Å². The molecule has 1 aliphatic heterocycles. The first-order valence-electron chi connectivity index (χ1n) is 6.87. The highest BCUT2D eigenvalue weighted by Crippen LogP contribution is 2.08. The summed E-state index contributed by atoms with van der Waals surface area (Å²) in [5.41, 5.74) is 1.93. The molecule has 3 rings (SSSR count). The zero-order chi connectivity index (χ0) is 13.8. The standard InChI is InChI=1S/C15H18N4O/c20-15(17-9-13-7-16-8-13)6-12-10-18-19(11-12)14-4-2-1-3-5-14/h1-5,10-11,13,16H,6-9H2,(H,17,20). The summed E-state index contributed by atoms with van der Waals surface area (Å²) in [4.78, 5) is 11.8. The summed E-state index contributed by atoms with van der Waals surface area (Å²) in [6, 6.07) is 9.88. The van der Waals surface area contributed by atoms with Gasteiger partial charge in [-0.15, -0.1) is 0 Å². The van der Waals surface area contributed by atoms with Crippen LogP contribution in [0.4, 0.5) is 0 Å². The molecule has 0 bridgehead atoms. The maximum atomic E-state index is 11.8. The summed E-state index contributed by atoms with van der Waals surface area (Å²) in [5, 5.41) is 10.4. The van der Waals surface area contributed by atoms with Crippen LogP contribution in [0.15, 0.2) is 42.7 Å². The van der Waals surface area contributed by atoms with E-state index in [-0.39, 0.29) is 5.91 Å². The summed E-state index contributed by atoms with van der Waals surface area (Å²) in [6.45, 7) is 2.77. The van der Waals surface area contributed by atoms with Crippen LogP contribution in [0.2, 0.25) is 0 Å². The lowest BCUT2D eigenvalue weighted by Crippen LogP contribution is -2.48. The molecule has 20 heavy (non-hydrogen) atoms. The van der Waals surface area contributed by atoms with Crippen molar-refractivity contribution in [1.82, 2.24) is 20.4 Å². The summed E-state index contributed by atoms with van der Waals surface area (Å²) in [7, 11) is 0. The Bertz CT molecular complexity index is 575. The number of para-hydroxylation sites is 1. The van der Waals surface area contributed by atoms with Gasteiger partial charge >= 0.3 is 0 Å². The van der Waals surface area contributed by atoms with E-state index in [0.29, 0.717) is 12.3 Å². The van der Waals surface area contributed by atoms with E-state index < -0.39 is 0 Å². The van der Waals surface area contributed by atoms with Gasteiger partial charge in [-0.2, -0.15) is 5.10 Å². The Balaban J connectivity index is 1.55. The fourth-order valence-electron chi connectivity index (χ4n) is 2.17. The summed E-state index contributed by atoms with van der Waals surface area (Å²) in [5.74, 6) is 0.649. The lowest BCUT2D eigenvalue weighted by atomic mass is 10.0. The third-order valence-electron chi connectivity index (χ3n) is 3.48. The van der Waals surface area contributed by atoms with Gasteiger partial charge in [-0.1, -0.05) is 18.2 Å². The van der Waals surface area contributed by atoms with Crippen LogP contribution in [-0.2, 0) is 11.2 Å². The molecule has 0 saturated carbocycles. The monoisotopic (exact) mass is 270 g/mol. The Morgan fingerprint density at radius 3 is 2.85 bits per heavy atom. The molecule has 1 amide bonds. The number of rotatable bonds is 5. The molecule has 2 heterocycles. The molecule has 1 saturated heterocycles. The number of hydrogen-bond acceptors (Lipinski definition) is 3. The van der Waals surface area contributed by atoms with Crippen molar-refractivity contribution in [3.8, 4) is 5.69 Å². The minimum absolute atomic E-state index is 0.0597. The van der Waals surface area contributed by atoms with Crippen molar-refractivity contribution >= 4 is 5.91 Å². The minimum Gasteiger partial charge on any atom is -0.355 e. The predicted molar refractivity (Wildman–Crippen MR) is 76.6 cm³/mol. The Labute approximate surface area is 118 Å². The molecular formula is C15H18N4O. The highest BCUT2D eigenvalue weighted by Gasteiger charge is 2.17. The van der Waals surface area contributed by atoms with Gasteiger partial charge in [0.1, 0.15) is 0 Å². The van der Waals surface area contributed by atoms with Crippen molar-refractivity contribution in [2.75, 3.05) is 19.6 Å². The van der Waals surface area contributed by atoms with Gasteiger partial charge in [0.05, 0.1) is 18.3 Å². The Morgan fingerprint density at radius 1 is 1.35 bits per heavy atom. The molecule has 0 radical (unpaired) electrons. The zero-order valence-corrected chi connectivity index (χ0v) is 11.2. The molecule has 2 aromatic rings. The number of hydrogen-bond donors (Lipinski definition) is 2. The third kappa shape index (κ3) is 3.05. The second-order valence-electron chi connectivity index (χ2n) is 5.13. The van der Waals surface area contributed by atoms with Crippen LogP contribution in [0, 0.1) is 5.92 Å². The highest BCUT2D eigenvalue weighted by atomic mass is 16.1. The number of carbonyl (C=O) groups is 1. The Kier molecular flexibility index (Phi) is 3.78. The number of nitrogens with one attached hydrogen (secondary N) is 2. The average Bonchev–Trinajstić information content (AvgIpc) is 2.86. The highest BCUT2D eigenvalue weighted by molar-refractivity contribution is 5.78. The van der Waals surface area contributed by atoms with Gasteiger partial charge in [-0.05, 0) is 17.7 Å². The van der Waals surface area contributed by atoms with E-state index in [0.717, 1.165) is 30.9 Å². The van der Waals surface area contributed by atoms with Crippen molar-refractivity contribution in [2.45, 2.75) is 6.42 Å². The molecule has 104 valence electrons. The van der Waals surface area contributed by atoms with Crippen LogP contribution >= 0.6 is 0 Å². The molecule has 1 fully saturated rings. The first kappa shape index (κ1) is 12.9. The topological polar surface area (TPSA) is 59.0 Å². The van der Waals surface area contributed by atoms with Gasteiger partial charge in [0, 0.05) is 31.7 Å². The average molecular weight is 270 g/mol.